The molecule has 1 unspecified atom stereocenters. The second-order valence-corrected chi connectivity index (χ2v) is 7.06. The summed E-state index contributed by atoms with van der Waals surface area (Å²) in [5.74, 6) is 0.535. The van der Waals surface area contributed by atoms with E-state index >= 15 is 0 Å². The minimum Gasteiger partial charge on any atom is -0.381 e. The number of nitrogens with zero attached hydrogens (tertiary/aromatic N) is 1. The van der Waals surface area contributed by atoms with Gasteiger partial charge in [0.25, 0.3) is 0 Å². The van der Waals surface area contributed by atoms with Crippen LogP contribution in [-0.4, -0.2) is 36.6 Å². The van der Waals surface area contributed by atoms with Gasteiger partial charge in [-0.15, -0.1) is 0 Å². The van der Waals surface area contributed by atoms with Crippen LogP contribution in [0, 0.1) is 5.92 Å². The topological polar surface area (TPSA) is 29.5 Å². The van der Waals surface area contributed by atoms with Gasteiger partial charge in [0.1, 0.15) is 0 Å². The van der Waals surface area contributed by atoms with Crippen molar-refractivity contribution in [3.8, 4) is 0 Å². The van der Waals surface area contributed by atoms with Gasteiger partial charge in [0.2, 0.25) is 5.91 Å². The molecule has 4 rings (SSSR count). The number of hydrogen-bond donors (Lipinski definition) is 0. The maximum atomic E-state index is 12.9. The molecule has 2 aliphatic heterocycles. The van der Waals surface area contributed by atoms with Crippen molar-refractivity contribution in [3.05, 3.63) is 48.0 Å². The minimum atomic E-state index is 0.173. The van der Waals surface area contributed by atoms with Crippen molar-refractivity contribution in [1.82, 2.24) is 4.90 Å². The van der Waals surface area contributed by atoms with Crippen LogP contribution in [0.3, 0.4) is 0 Å². The van der Waals surface area contributed by atoms with E-state index in [2.05, 4.69) is 47.4 Å². The number of fused-ring (bicyclic) bond motifs is 1. The fraction of sp³-hybridized carbons (Fsp3) is 0.476. The summed E-state index contributed by atoms with van der Waals surface area (Å²) in [5, 5.41) is 2.61. The van der Waals surface area contributed by atoms with Crippen molar-refractivity contribution in [1.29, 1.82) is 0 Å². The van der Waals surface area contributed by atoms with Gasteiger partial charge >= 0.3 is 0 Å². The van der Waals surface area contributed by atoms with E-state index in [1.165, 1.54) is 16.3 Å². The van der Waals surface area contributed by atoms with Gasteiger partial charge in [-0.05, 0) is 48.4 Å². The van der Waals surface area contributed by atoms with Crippen LogP contribution in [0.15, 0.2) is 42.5 Å². The van der Waals surface area contributed by atoms with Gasteiger partial charge in [-0.25, -0.2) is 0 Å². The number of amides is 1. The Hall–Kier alpha value is -1.87. The molecule has 3 nitrogen and oxygen atoms in total. The van der Waals surface area contributed by atoms with E-state index in [9.17, 15) is 4.79 Å². The molecule has 1 atom stereocenters. The van der Waals surface area contributed by atoms with E-state index < -0.39 is 0 Å². The first kappa shape index (κ1) is 15.6. The van der Waals surface area contributed by atoms with Crippen LogP contribution in [0.4, 0.5) is 0 Å². The molecular formula is C21H25NO2. The van der Waals surface area contributed by atoms with Crippen LogP contribution in [0.5, 0.6) is 0 Å². The molecule has 126 valence electrons. The molecule has 0 saturated carbocycles. The standard InChI is InChI=1S/C21H25NO2/c23-21(17-10-13-24-14-11-17)22-12-4-8-19(22)15-18-7-3-6-16-5-1-2-9-20(16)18/h1-3,5-7,9,17,19H,4,8,10-15H2. The van der Waals surface area contributed by atoms with Crippen LogP contribution in [0.1, 0.15) is 31.2 Å². The van der Waals surface area contributed by atoms with Gasteiger partial charge in [-0.1, -0.05) is 42.5 Å². The van der Waals surface area contributed by atoms with Crippen LogP contribution in [0.2, 0.25) is 0 Å². The van der Waals surface area contributed by atoms with Gasteiger partial charge in [-0.2, -0.15) is 0 Å². The summed E-state index contributed by atoms with van der Waals surface area (Å²) in [5.41, 5.74) is 1.37. The molecule has 2 aromatic carbocycles. The van der Waals surface area contributed by atoms with E-state index in [-0.39, 0.29) is 5.92 Å². The number of benzene rings is 2. The quantitative estimate of drug-likeness (QED) is 0.860. The summed E-state index contributed by atoms with van der Waals surface area (Å²) in [6.07, 6.45) is 4.99. The smallest absolute Gasteiger partial charge is 0.226 e. The molecule has 0 bridgehead atoms. The molecule has 0 aliphatic carbocycles. The average Bonchev–Trinajstić information content (AvgIpc) is 3.10. The fourth-order valence-corrected chi connectivity index (χ4v) is 4.24. The zero-order chi connectivity index (χ0) is 16.4. The summed E-state index contributed by atoms with van der Waals surface area (Å²) in [4.78, 5) is 15.1. The second kappa shape index (κ2) is 6.94. The van der Waals surface area contributed by atoms with E-state index in [0.717, 1.165) is 51.9 Å². The zero-order valence-corrected chi connectivity index (χ0v) is 14.1. The van der Waals surface area contributed by atoms with Gasteiger partial charge in [-0.3, -0.25) is 4.79 Å². The van der Waals surface area contributed by atoms with Gasteiger partial charge in [0.05, 0.1) is 0 Å². The molecular weight excluding hydrogens is 298 g/mol. The highest BCUT2D eigenvalue weighted by atomic mass is 16.5. The number of carbonyl (C=O) groups is 1. The fourth-order valence-electron chi connectivity index (χ4n) is 4.24. The number of ether oxygens (including phenoxy) is 1. The minimum absolute atomic E-state index is 0.173. The molecule has 0 aromatic heterocycles. The molecule has 0 radical (unpaired) electrons. The van der Waals surface area contributed by atoms with Crippen LogP contribution in [0.25, 0.3) is 10.8 Å². The van der Waals surface area contributed by atoms with Gasteiger partial charge < -0.3 is 9.64 Å². The molecule has 2 fully saturated rings. The Morgan fingerprint density at radius 3 is 2.71 bits per heavy atom. The molecule has 2 heterocycles. The van der Waals surface area contributed by atoms with Crippen LogP contribution < -0.4 is 0 Å². The second-order valence-electron chi connectivity index (χ2n) is 7.06. The SMILES string of the molecule is O=C(C1CCOCC1)N1CCCC1Cc1cccc2ccccc12. The third-order valence-corrected chi connectivity index (χ3v) is 5.57. The Labute approximate surface area is 143 Å². The van der Waals surface area contributed by atoms with Crippen molar-refractivity contribution < 1.29 is 9.53 Å². The summed E-state index contributed by atoms with van der Waals surface area (Å²) < 4.78 is 5.41. The van der Waals surface area contributed by atoms with Gasteiger partial charge in [0.15, 0.2) is 0 Å². The maximum Gasteiger partial charge on any atom is 0.226 e. The highest BCUT2D eigenvalue weighted by Crippen LogP contribution is 2.28. The first-order chi connectivity index (χ1) is 11.8. The number of hydrogen-bond acceptors (Lipinski definition) is 2. The molecule has 1 amide bonds. The average molecular weight is 323 g/mol. The third-order valence-electron chi connectivity index (χ3n) is 5.57. The van der Waals surface area contributed by atoms with Crippen molar-refractivity contribution in [3.63, 3.8) is 0 Å². The van der Waals surface area contributed by atoms with Crippen molar-refractivity contribution in [2.75, 3.05) is 19.8 Å². The van der Waals surface area contributed by atoms with Crippen LogP contribution in [-0.2, 0) is 16.0 Å². The van der Waals surface area contributed by atoms with Crippen molar-refractivity contribution in [2.24, 2.45) is 5.92 Å². The highest BCUT2D eigenvalue weighted by molar-refractivity contribution is 5.86. The van der Waals surface area contributed by atoms with E-state index in [4.69, 9.17) is 4.74 Å². The third kappa shape index (κ3) is 3.05. The Balaban J connectivity index is 1.53. The lowest BCUT2D eigenvalue weighted by Crippen LogP contribution is -2.42. The number of carbonyl (C=O) groups excluding carboxylic acids is 1. The predicted octanol–water partition coefficient (Wildman–Crippen LogP) is 3.80. The van der Waals surface area contributed by atoms with E-state index in [1.807, 2.05) is 0 Å². The molecule has 0 spiro atoms. The molecule has 2 aliphatic rings. The predicted molar refractivity (Wildman–Crippen MR) is 95.9 cm³/mol. The Morgan fingerprint density at radius 1 is 1.04 bits per heavy atom. The first-order valence-electron chi connectivity index (χ1n) is 9.18. The monoisotopic (exact) mass is 323 g/mol. The molecule has 24 heavy (non-hydrogen) atoms. The molecule has 2 aromatic rings. The van der Waals surface area contributed by atoms with Crippen LogP contribution >= 0.6 is 0 Å². The molecule has 2 saturated heterocycles. The van der Waals surface area contributed by atoms with Crippen molar-refractivity contribution >= 4 is 16.7 Å². The summed E-state index contributed by atoms with van der Waals surface area (Å²) in [6, 6.07) is 15.4. The molecule has 3 heteroatoms. The number of likely N-dealkylation sites (tertiary alicyclic amines) is 1. The molecule has 0 N–H and O–H groups in total. The van der Waals surface area contributed by atoms with Crippen molar-refractivity contribution in [2.45, 2.75) is 38.1 Å². The first-order valence-corrected chi connectivity index (χ1v) is 9.18. The largest absolute Gasteiger partial charge is 0.381 e. The summed E-state index contributed by atoms with van der Waals surface area (Å²) in [7, 11) is 0. The lowest BCUT2D eigenvalue weighted by Gasteiger charge is -2.31. The zero-order valence-electron chi connectivity index (χ0n) is 14.1. The Morgan fingerprint density at radius 2 is 1.83 bits per heavy atom. The Kier molecular flexibility index (Phi) is 4.52. The Bertz CT molecular complexity index is 715. The normalized spacial score (nSPS) is 22.2. The summed E-state index contributed by atoms with van der Waals surface area (Å²) in [6.45, 7) is 2.39. The summed E-state index contributed by atoms with van der Waals surface area (Å²) >= 11 is 0. The highest BCUT2D eigenvalue weighted by Gasteiger charge is 2.33. The van der Waals surface area contributed by atoms with Gasteiger partial charge in [0, 0.05) is 31.7 Å². The lowest BCUT2D eigenvalue weighted by atomic mass is 9.95. The lowest BCUT2D eigenvalue weighted by molar-refractivity contribution is -0.139. The van der Waals surface area contributed by atoms with E-state index in [1.54, 1.807) is 0 Å². The maximum absolute atomic E-state index is 12.9. The number of rotatable bonds is 3. The van der Waals surface area contributed by atoms with E-state index in [0.29, 0.717) is 11.9 Å².